The highest BCUT2D eigenvalue weighted by atomic mass is 32.1. The molecule has 1 N–H and O–H groups in total. The molecule has 4 heteroatoms. The molecule has 0 saturated carbocycles. The average Bonchev–Trinajstić information content (AvgIpc) is 2.85. The van der Waals surface area contributed by atoms with Crippen LogP contribution in [0.5, 0.6) is 0 Å². The van der Waals surface area contributed by atoms with Gasteiger partial charge in [-0.1, -0.05) is 25.7 Å². The molecule has 0 fully saturated rings. The second-order valence-electron chi connectivity index (χ2n) is 4.47. The number of hydrogen-bond donors (Lipinski definition) is 1. The topological polar surface area (TPSA) is 40.5 Å². The summed E-state index contributed by atoms with van der Waals surface area (Å²) in [4.78, 5) is 15.1. The van der Waals surface area contributed by atoms with Gasteiger partial charge in [-0.05, 0) is 18.9 Å². The molecule has 1 rings (SSSR count). The summed E-state index contributed by atoms with van der Waals surface area (Å²) in [6.45, 7) is 4.60. The second-order valence-corrected chi connectivity index (χ2v) is 5.47. The maximum Gasteiger partial charge on any atom is 0.225 e. The first-order valence-electron chi connectivity index (χ1n) is 6.54. The molecule has 1 aromatic rings. The molecule has 0 bridgehead atoms. The Morgan fingerprint density at radius 1 is 1.47 bits per heavy atom. The first kappa shape index (κ1) is 15.7. The van der Waals surface area contributed by atoms with Gasteiger partial charge in [0.25, 0.3) is 0 Å². The van der Waals surface area contributed by atoms with Crippen molar-refractivity contribution in [3.8, 4) is 11.8 Å². The summed E-state index contributed by atoms with van der Waals surface area (Å²) >= 11 is 1.59. The minimum atomic E-state index is -0.127. The van der Waals surface area contributed by atoms with Crippen molar-refractivity contribution in [2.24, 2.45) is 5.92 Å². The van der Waals surface area contributed by atoms with Crippen molar-refractivity contribution in [1.82, 2.24) is 4.90 Å². The van der Waals surface area contributed by atoms with Gasteiger partial charge < -0.3 is 10.0 Å². The van der Waals surface area contributed by atoms with Crippen molar-refractivity contribution in [3.05, 3.63) is 21.9 Å². The SMILES string of the molecule is CCC(CC)C(=O)N(C)Cc1cc(C#CCO)cs1. The van der Waals surface area contributed by atoms with E-state index in [1.807, 2.05) is 32.3 Å². The van der Waals surface area contributed by atoms with Crippen LogP contribution in [0, 0.1) is 17.8 Å². The first-order chi connectivity index (χ1) is 9.12. The highest BCUT2D eigenvalue weighted by molar-refractivity contribution is 7.10. The molecule has 0 saturated heterocycles. The number of rotatable bonds is 5. The number of carbonyl (C=O) groups excluding carboxylic acids is 1. The van der Waals surface area contributed by atoms with E-state index in [0.717, 1.165) is 23.3 Å². The molecule has 0 aliphatic carbocycles. The van der Waals surface area contributed by atoms with Crippen LogP contribution in [0.3, 0.4) is 0 Å². The Bertz CT molecular complexity index is 466. The molecule has 0 radical (unpaired) electrons. The molecule has 1 heterocycles. The number of hydrogen-bond acceptors (Lipinski definition) is 3. The van der Waals surface area contributed by atoms with E-state index in [1.54, 1.807) is 16.2 Å². The van der Waals surface area contributed by atoms with E-state index >= 15 is 0 Å². The molecule has 0 atom stereocenters. The molecule has 3 nitrogen and oxygen atoms in total. The molecular weight excluding hydrogens is 258 g/mol. The number of carbonyl (C=O) groups is 1. The van der Waals surface area contributed by atoms with E-state index in [0.29, 0.717) is 6.54 Å². The van der Waals surface area contributed by atoms with Crippen LogP contribution >= 0.6 is 11.3 Å². The van der Waals surface area contributed by atoms with Crippen molar-refractivity contribution < 1.29 is 9.90 Å². The van der Waals surface area contributed by atoms with Crippen molar-refractivity contribution in [3.63, 3.8) is 0 Å². The molecule has 19 heavy (non-hydrogen) atoms. The third kappa shape index (κ3) is 4.70. The average molecular weight is 279 g/mol. The van der Waals surface area contributed by atoms with Crippen molar-refractivity contribution >= 4 is 17.2 Å². The van der Waals surface area contributed by atoms with Crippen LogP contribution in [0.25, 0.3) is 0 Å². The van der Waals surface area contributed by atoms with Gasteiger partial charge in [-0.25, -0.2) is 0 Å². The van der Waals surface area contributed by atoms with Crippen LogP contribution in [0.1, 0.15) is 37.1 Å². The minimum absolute atomic E-state index is 0.124. The van der Waals surface area contributed by atoms with E-state index in [2.05, 4.69) is 11.8 Å². The van der Waals surface area contributed by atoms with Crippen LogP contribution in [-0.2, 0) is 11.3 Å². The Hall–Kier alpha value is -1.31. The normalized spacial score (nSPS) is 10.2. The largest absolute Gasteiger partial charge is 0.384 e. The second kappa shape index (κ2) is 7.98. The molecule has 1 aromatic heterocycles. The number of amides is 1. The van der Waals surface area contributed by atoms with Crippen molar-refractivity contribution in [1.29, 1.82) is 0 Å². The van der Waals surface area contributed by atoms with Crippen LogP contribution < -0.4 is 0 Å². The number of aliphatic hydroxyl groups excluding tert-OH is 1. The summed E-state index contributed by atoms with van der Waals surface area (Å²) < 4.78 is 0. The van der Waals surface area contributed by atoms with Gasteiger partial charge in [0.2, 0.25) is 5.91 Å². The van der Waals surface area contributed by atoms with Gasteiger partial charge in [0, 0.05) is 28.8 Å². The Balaban J connectivity index is 2.63. The van der Waals surface area contributed by atoms with Crippen LogP contribution in [0.15, 0.2) is 11.4 Å². The summed E-state index contributed by atoms with van der Waals surface area (Å²) in [5, 5.41) is 10.6. The Labute approximate surface area is 119 Å². The Morgan fingerprint density at radius 2 is 2.16 bits per heavy atom. The van der Waals surface area contributed by atoms with Gasteiger partial charge in [0.15, 0.2) is 0 Å². The van der Waals surface area contributed by atoms with Gasteiger partial charge in [-0.2, -0.15) is 0 Å². The first-order valence-corrected chi connectivity index (χ1v) is 7.42. The number of thiophene rings is 1. The summed E-state index contributed by atoms with van der Waals surface area (Å²) in [6.07, 6.45) is 1.77. The van der Waals surface area contributed by atoms with E-state index in [9.17, 15) is 4.79 Å². The van der Waals surface area contributed by atoms with Gasteiger partial charge in [-0.3, -0.25) is 4.79 Å². The van der Waals surface area contributed by atoms with Crippen LogP contribution in [0.4, 0.5) is 0 Å². The lowest BCUT2D eigenvalue weighted by Gasteiger charge is -2.21. The summed E-state index contributed by atoms with van der Waals surface area (Å²) in [5.74, 6) is 5.82. The minimum Gasteiger partial charge on any atom is -0.384 e. The van der Waals surface area contributed by atoms with Gasteiger partial charge in [-0.15, -0.1) is 11.3 Å². The summed E-state index contributed by atoms with van der Waals surface area (Å²) in [6, 6.07) is 1.98. The standard InChI is InChI=1S/C15H21NO2S/c1-4-13(5-2)15(18)16(3)10-14-9-12(11-19-14)7-6-8-17/h9,11,13,17H,4-5,8,10H2,1-3H3. The summed E-state index contributed by atoms with van der Waals surface area (Å²) in [5.41, 5.74) is 0.900. The maximum absolute atomic E-state index is 12.2. The van der Waals surface area contributed by atoms with Crippen LogP contribution in [0.2, 0.25) is 0 Å². The molecule has 104 valence electrons. The van der Waals surface area contributed by atoms with Crippen molar-refractivity contribution in [2.45, 2.75) is 33.2 Å². The highest BCUT2D eigenvalue weighted by Crippen LogP contribution is 2.18. The van der Waals surface area contributed by atoms with Gasteiger partial charge in [0.1, 0.15) is 6.61 Å². The zero-order valence-electron chi connectivity index (χ0n) is 11.8. The Kier molecular flexibility index (Phi) is 6.61. The lowest BCUT2D eigenvalue weighted by atomic mass is 10.0. The molecule has 0 aliphatic rings. The van der Waals surface area contributed by atoms with E-state index in [-0.39, 0.29) is 18.4 Å². The molecule has 0 unspecified atom stereocenters. The van der Waals surface area contributed by atoms with Gasteiger partial charge in [0.05, 0.1) is 6.54 Å². The fourth-order valence-corrected chi connectivity index (χ4v) is 2.80. The molecular formula is C15H21NO2S. The fourth-order valence-electron chi connectivity index (χ4n) is 1.93. The molecule has 0 aromatic carbocycles. The maximum atomic E-state index is 12.2. The third-order valence-electron chi connectivity index (χ3n) is 3.07. The molecule has 0 aliphatic heterocycles. The molecule has 0 spiro atoms. The Morgan fingerprint density at radius 3 is 2.74 bits per heavy atom. The predicted molar refractivity (Wildman–Crippen MR) is 78.8 cm³/mol. The van der Waals surface area contributed by atoms with E-state index in [4.69, 9.17) is 5.11 Å². The van der Waals surface area contributed by atoms with Crippen LogP contribution in [-0.4, -0.2) is 29.6 Å². The van der Waals surface area contributed by atoms with E-state index < -0.39 is 0 Å². The summed E-state index contributed by atoms with van der Waals surface area (Å²) in [7, 11) is 1.85. The highest BCUT2D eigenvalue weighted by Gasteiger charge is 2.18. The molecule has 1 amide bonds. The smallest absolute Gasteiger partial charge is 0.225 e. The zero-order valence-corrected chi connectivity index (χ0v) is 12.6. The zero-order chi connectivity index (χ0) is 14.3. The fraction of sp³-hybridized carbons (Fsp3) is 0.533. The monoisotopic (exact) mass is 279 g/mol. The van der Waals surface area contributed by atoms with E-state index in [1.165, 1.54) is 0 Å². The lowest BCUT2D eigenvalue weighted by molar-refractivity contribution is -0.134. The predicted octanol–water partition coefficient (Wildman–Crippen LogP) is 2.49. The third-order valence-corrected chi connectivity index (χ3v) is 3.99. The number of aliphatic hydroxyl groups is 1. The van der Waals surface area contributed by atoms with Gasteiger partial charge >= 0.3 is 0 Å². The quantitative estimate of drug-likeness (QED) is 0.841. The van der Waals surface area contributed by atoms with Crippen molar-refractivity contribution in [2.75, 3.05) is 13.7 Å². The lowest BCUT2D eigenvalue weighted by Crippen LogP contribution is -2.31. The number of nitrogens with zero attached hydrogens (tertiary/aromatic N) is 1.